The third-order valence-corrected chi connectivity index (χ3v) is 3.68. The molecule has 0 aliphatic heterocycles. The summed E-state index contributed by atoms with van der Waals surface area (Å²) < 4.78 is 5.28. The normalized spacial score (nSPS) is 21.6. The van der Waals surface area contributed by atoms with E-state index in [1.165, 1.54) is 0 Å². The van der Waals surface area contributed by atoms with Gasteiger partial charge in [0.05, 0.1) is 0 Å². The summed E-state index contributed by atoms with van der Waals surface area (Å²) >= 11 is 0. The maximum absolute atomic E-state index is 11.8. The molecule has 2 rings (SSSR count). The van der Waals surface area contributed by atoms with Crippen LogP contribution in [0.5, 0.6) is 5.75 Å². The van der Waals surface area contributed by atoms with E-state index < -0.39 is 5.60 Å². The smallest absolute Gasteiger partial charge is 0.407 e. The van der Waals surface area contributed by atoms with Crippen LogP contribution in [-0.4, -0.2) is 28.9 Å². The highest BCUT2D eigenvalue weighted by Crippen LogP contribution is 2.20. The van der Waals surface area contributed by atoms with Crippen molar-refractivity contribution in [2.24, 2.45) is 0 Å². The third-order valence-electron chi connectivity index (χ3n) is 3.68. The lowest BCUT2D eigenvalue weighted by Crippen LogP contribution is -2.38. The van der Waals surface area contributed by atoms with Crippen molar-refractivity contribution in [1.82, 2.24) is 10.6 Å². The van der Waals surface area contributed by atoms with Crippen molar-refractivity contribution in [2.75, 3.05) is 0 Å². The van der Waals surface area contributed by atoms with Crippen LogP contribution in [0.4, 0.5) is 4.79 Å². The van der Waals surface area contributed by atoms with Crippen molar-refractivity contribution in [3.8, 4) is 5.75 Å². The van der Waals surface area contributed by atoms with Gasteiger partial charge in [-0.25, -0.2) is 4.79 Å². The van der Waals surface area contributed by atoms with E-state index in [4.69, 9.17) is 4.74 Å². The SMILES string of the molecule is CC(C)(C)OC(=O)NC1CCC(NCc2ccc(O)cc2)C1. The molecule has 3 N–H and O–H groups in total. The Hall–Kier alpha value is -1.75. The zero-order valence-electron chi connectivity index (χ0n) is 13.6. The molecule has 1 aromatic carbocycles. The number of carbonyl (C=O) groups excluding carboxylic acids is 1. The topological polar surface area (TPSA) is 70.6 Å². The van der Waals surface area contributed by atoms with Crippen molar-refractivity contribution in [2.45, 2.75) is 64.3 Å². The van der Waals surface area contributed by atoms with Gasteiger partial charge in [-0.05, 0) is 57.7 Å². The second-order valence-corrected chi connectivity index (χ2v) is 6.90. The molecule has 2 atom stereocenters. The van der Waals surface area contributed by atoms with Gasteiger partial charge in [0.1, 0.15) is 11.4 Å². The molecule has 0 heterocycles. The molecule has 2 unspecified atom stereocenters. The molecule has 0 radical (unpaired) electrons. The molecule has 22 heavy (non-hydrogen) atoms. The van der Waals surface area contributed by atoms with Gasteiger partial charge in [-0.1, -0.05) is 12.1 Å². The first kappa shape index (κ1) is 16.6. The van der Waals surface area contributed by atoms with E-state index in [9.17, 15) is 9.90 Å². The molecule has 0 saturated heterocycles. The summed E-state index contributed by atoms with van der Waals surface area (Å²) in [6, 6.07) is 7.78. The minimum absolute atomic E-state index is 0.173. The molecule has 5 nitrogen and oxygen atoms in total. The molecule has 5 heteroatoms. The van der Waals surface area contributed by atoms with Gasteiger partial charge < -0.3 is 20.5 Å². The summed E-state index contributed by atoms with van der Waals surface area (Å²) in [5.74, 6) is 0.284. The van der Waals surface area contributed by atoms with Gasteiger partial charge in [-0.15, -0.1) is 0 Å². The van der Waals surface area contributed by atoms with Crippen molar-refractivity contribution in [1.29, 1.82) is 0 Å². The third kappa shape index (κ3) is 5.56. The number of amides is 1. The van der Waals surface area contributed by atoms with Gasteiger partial charge in [-0.3, -0.25) is 0 Å². The average Bonchev–Trinajstić information content (AvgIpc) is 2.83. The van der Waals surface area contributed by atoms with Gasteiger partial charge in [0.25, 0.3) is 0 Å². The summed E-state index contributed by atoms with van der Waals surface area (Å²) in [7, 11) is 0. The Morgan fingerprint density at radius 3 is 2.50 bits per heavy atom. The van der Waals surface area contributed by atoms with Gasteiger partial charge in [0.2, 0.25) is 0 Å². The van der Waals surface area contributed by atoms with Gasteiger partial charge in [-0.2, -0.15) is 0 Å². The first-order valence-electron chi connectivity index (χ1n) is 7.82. The van der Waals surface area contributed by atoms with Crippen LogP contribution >= 0.6 is 0 Å². The van der Waals surface area contributed by atoms with E-state index >= 15 is 0 Å². The van der Waals surface area contributed by atoms with Crippen LogP contribution < -0.4 is 10.6 Å². The maximum atomic E-state index is 11.8. The predicted octanol–water partition coefficient (Wildman–Crippen LogP) is 2.93. The number of alkyl carbamates (subject to hydrolysis) is 1. The number of rotatable bonds is 4. The number of hydrogen-bond acceptors (Lipinski definition) is 4. The van der Waals surface area contributed by atoms with E-state index in [0.717, 1.165) is 31.4 Å². The van der Waals surface area contributed by atoms with Crippen molar-refractivity contribution in [3.05, 3.63) is 29.8 Å². The first-order chi connectivity index (χ1) is 10.3. The monoisotopic (exact) mass is 306 g/mol. The Morgan fingerprint density at radius 2 is 1.86 bits per heavy atom. The number of benzene rings is 1. The van der Waals surface area contributed by atoms with Crippen LogP contribution in [0.1, 0.15) is 45.6 Å². The average molecular weight is 306 g/mol. The zero-order valence-corrected chi connectivity index (χ0v) is 13.6. The summed E-state index contributed by atoms with van der Waals surface area (Å²) in [6.07, 6.45) is 2.58. The van der Waals surface area contributed by atoms with Crippen LogP contribution in [0.3, 0.4) is 0 Å². The summed E-state index contributed by atoms with van der Waals surface area (Å²) in [6.45, 7) is 6.36. The Kier molecular flexibility index (Phi) is 5.29. The fourth-order valence-electron chi connectivity index (χ4n) is 2.65. The minimum Gasteiger partial charge on any atom is -0.508 e. The van der Waals surface area contributed by atoms with Crippen molar-refractivity contribution >= 4 is 6.09 Å². The zero-order chi connectivity index (χ0) is 16.2. The predicted molar refractivity (Wildman–Crippen MR) is 85.7 cm³/mol. The second kappa shape index (κ2) is 7.01. The standard InChI is InChI=1S/C17H26N2O3/c1-17(2,3)22-16(21)19-14-7-6-13(10-14)18-11-12-4-8-15(20)9-5-12/h4-5,8-9,13-14,18,20H,6-7,10-11H2,1-3H3,(H,19,21). The molecule has 1 amide bonds. The number of ether oxygens (including phenoxy) is 1. The molecule has 1 fully saturated rings. The fourth-order valence-corrected chi connectivity index (χ4v) is 2.65. The number of hydrogen-bond donors (Lipinski definition) is 3. The lowest BCUT2D eigenvalue weighted by atomic mass is 10.2. The van der Waals surface area contributed by atoms with Gasteiger partial charge in [0.15, 0.2) is 0 Å². The Balaban J connectivity index is 1.71. The van der Waals surface area contributed by atoms with Crippen LogP contribution in [0.15, 0.2) is 24.3 Å². The van der Waals surface area contributed by atoms with Crippen molar-refractivity contribution in [3.63, 3.8) is 0 Å². The second-order valence-electron chi connectivity index (χ2n) is 6.90. The summed E-state index contributed by atoms with van der Waals surface area (Å²) in [5, 5.41) is 15.7. The fraction of sp³-hybridized carbons (Fsp3) is 0.588. The lowest BCUT2D eigenvalue weighted by Gasteiger charge is -2.21. The van der Waals surface area contributed by atoms with E-state index in [1.54, 1.807) is 12.1 Å². The molecular weight excluding hydrogens is 280 g/mol. The Bertz CT molecular complexity index is 494. The number of carbonyl (C=O) groups is 1. The first-order valence-corrected chi connectivity index (χ1v) is 7.82. The van der Waals surface area contributed by atoms with Crippen LogP contribution in [0.2, 0.25) is 0 Å². The Labute approximate surface area is 132 Å². The molecule has 1 saturated carbocycles. The van der Waals surface area contributed by atoms with Gasteiger partial charge in [0, 0.05) is 18.6 Å². The van der Waals surface area contributed by atoms with E-state index in [2.05, 4.69) is 10.6 Å². The molecule has 1 aromatic rings. The van der Waals surface area contributed by atoms with Crippen molar-refractivity contribution < 1.29 is 14.6 Å². The lowest BCUT2D eigenvalue weighted by molar-refractivity contribution is 0.0505. The molecule has 1 aliphatic rings. The van der Waals surface area contributed by atoms with Crippen LogP contribution in [-0.2, 0) is 11.3 Å². The van der Waals surface area contributed by atoms with Crippen LogP contribution in [0, 0.1) is 0 Å². The highest BCUT2D eigenvalue weighted by atomic mass is 16.6. The van der Waals surface area contributed by atoms with E-state index in [1.807, 2.05) is 32.9 Å². The highest BCUT2D eigenvalue weighted by Gasteiger charge is 2.27. The highest BCUT2D eigenvalue weighted by molar-refractivity contribution is 5.68. The maximum Gasteiger partial charge on any atom is 0.407 e. The number of nitrogens with one attached hydrogen (secondary N) is 2. The number of phenolic OH excluding ortho intramolecular Hbond substituents is 1. The van der Waals surface area contributed by atoms with Gasteiger partial charge >= 0.3 is 6.09 Å². The van der Waals surface area contributed by atoms with Crippen LogP contribution in [0.25, 0.3) is 0 Å². The molecule has 0 aromatic heterocycles. The molecule has 1 aliphatic carbocycles. The Morgan fingerprint density at radius 1 is 1.23 bits per heavy atom. The summed E-state index contributed by atoms with van der Waals surface area (Å²) in [4.78, 5) is 11.8. The molecule has 0 bridgehead atoms. The van der Waals surface area contributed by atoms with E-state index in [-0.39, 0.29) is 17.9 Å². The quantitative estimate of drug-likeness (QED) is 0.800. The number of aromatic hydroxyl groups is 1. The largest absolute Gasteiger partial charge is 0.508 e. The number of phenols is 1. The molecule has 122 valence electrons. The van der Waals surface area contributed by atoms with E-state index in [0.29, 0.717) is 6.04 Å². The molecule has 0 spiro atoms. The molecular formula is C17H26N2O3. The minimum atomic E-state index is -0.459. The summed E-state index contributed by atoms with van der Waals surface area (Å²) in [5.41, 5.74) is 0.681.